The first kappa shape index (κ1) is 19.9. The standard InChI is InChI=1S/C22H27NO5/c1-13-7-8-15-16(12-22(2,3)28-17(15)9-13)23-21(24)14-10-18(25-4)20(27-6)19(11-14)26-5/h7-11,16H,12H2,1-6H3,(H,23,24)/t16-/m0/s1. The molecule has 1 heterocycles. The van der Waals surface area contributed by atoms with Crippen LogP contribution in [0.1, 0.15) is 47.8 Å². The van der Waals surface area contributed by atoms with Crippen LogP contribution < -0.4 is 24.3 Å². The second-order valence-corrected chi connectivity index (χ2v) is 7.55. The number of carbonyl (C=O) groups excluding carboxylic acids is 1. The summed E-state index contributed by atoms with van der Waals surface area (Å²) in [7, 11) is 4.58. The van der Waals surface area contributed by atoms with Crippen molar-refractivity contribution in [2.45, 2.75) is 38.8 Å². The summed E-state index contributed by atoms with van der Waals surface area (Å²) < 4.78 is 22.2. The van der Waals surface area contributed by atoms with Crippen molar-refractivity contribution in [1.29, 1.82) is 0 Å². The van der Waals surface area contributed by atoms with Gasteiger partial charge >= 0.3 is 0 Å². The van der Waals surface area contributed by atoms with E-state index in [1.54, 1.807) is 12.1 Å². The molecule has 0 saturated heterocycles. The summed E-state index contributed by atoms with van der Waals surface area (Å²) >= 11 is 0. The largest absolute Gasteiger partial charge is 0.493 e. The lowest BCUT2D eigenvalue weighted by atomic mass is 9.89. The fraction of sp³-hybridized carbons (Fsp3) is 0.409. The Morgan fingerprint density at radius 2 is 1.71 bits per heavy atom. The lowest BCUT2D eigenvalue weighted by Crippen LogP contribution is -2.41. The summed E-state index contributed by atoms with van der Waals surface area (Å²) in [6, 6.07) is 9.19. The van der Waals surface area contributed by atoms with E-state index in [0.29, 0.717) is 29.2 Å². The van der Waals surface area contributed by atoms with Gasteiger partial charge in [-0.2, -0.15) is 0 Å². The number of aryl methyl sites for hydroxylation is 1. The van der Waals surface area contributed by atoms with E-state index >= 15 is 0 Å². The minimum atomic E-state index is -0.381. The van der Waals surface area contributed by atoms with Gasteiger partial charge in [-0.05, 0) is 44.5 Å². The fourth-order valence-corrected chi connectivity index (χ4v) is 3.54. The third-order valence-corrected chi connectivity index (χ3v) is 4.86. The average molecular weight is 385 g/mol. The van der Waals surface area contributed by atoms with Crippen molar-refractivity contribution in [3.05, 3.63) is 47.0 Å². The maximum absolute atomic E-state index is 13.0. The SMILES string of the molecule is COc1cc(C(=O)N[C@H]2CC(C)(C)Oc3cc(C)ccc32)cc(OC)c1OC. The Morgan fingerprint density at radius 1 is 1.07 bits per heavy atom. The monoisotopic (exact) mass is 385 g/mol. The van der Waals surface area contributed by atoms with E-state index in [1.807, 2.05) is 39.0 Å². The first-order valence-electron chi connectivity index (χ1n) is 9.18. The molecule has 1 atom stereocenters. The number of rotatable bonds is 5. The van der Waals surface area contributed by atoms with Gasteiger partial charge in [0.25, 0.3) is 5.91 Å². The molecule has 0 unspecified atom stereocenters. The van der Waals surface area contributed by atoms with E-state index in [-0.39, 0.29) is 17.6 Å². The van der Waals surface area contributed by atoms with Gasteiger partial charge in [0.1, 0.15) is 11.4 Å². The molecule has 0 spiro atoms. The van der Waals surface area contributed by atoms with E-state index in [2.05, 4.69) is 5.32 Å². The maximum Gasteiger partial charge on any atom is 0.252 e. The Balaban J connectivity index is 1.93. The highest BCUT2D eigenvalue weighted by atomic mass is 16.5. The highest BCUT2D eigenvalue weighted by molar-refractivity contribution is 5.96. The van der Waals surface area contributed by atoms with Gasteiger partial charge in [-0.3, -0.25) is 4.79 Å². The van der Waals surface area contributed by atoms with E-state index in [9.17, 15) is 4.79 Å². The second kappa shape index (κ2) is 7.62. The molecule has 6 nitrogen and oxygen atoms in total. The number of ether oxygens (including phenoxy) is 4. The highest BCUT2D eigenvalue weighted by Crippen LogP contribution is 2.41. The molecule has 150 valence electrons. The van der Waals surface area contributed by atoms with Gasteiger partial charge in [0.2, 0.25) is 5.75 Å². The molecule has 0 aliphatic carbocycles. The Morgan fingerprint density at radius 3 is 2.29 bits per heavy atom. The number of fused-ring (bicyclic) bond motifs is 1. The summed E-state index contributed by atoms with van der Waals surface area (Å²) in [6.45, 7) is 6.07. The highest BCUT2D eigenvalue weighted by Gasteiger charge is 2.35. The molecule has 0 bridgehead atoms. The van der Waals surface area contributed by atoms with Crippen LogP contribution in [-0.2, 0) is 0 Å². The van der Waals surface area contributed by atoms with Crippen LogP contribution in [0, 0.1) is 6.92 Å². The van der Waals surface area contributed by atoms with Crippen LogP contribution in [0.25, 0.3) is 0 Å². The molecule has 0 fully saturated rings. The minimum absolute atomic E-state index is 0.161. The quantitative estimate of drug-likeness (QED) is 0.841. The van der Waals surface area contributed by atoms with E-state index < -0.39 is 0 Å². The van der Waals surface area contributed by atoms with Crippen molar-refractivity contribution in [3.8, 4) is 23.0 Å². The summed E-state index contributed by atoms with van der Waals surface area (Å²) in [5.41, 5.74) is 2.15. The number of hydrogen-bond donors (Lipinski definition) is 1. The van der Waals surface area contributed by atoms with Crippen molar-refractivity contribution in [2.75, 3.05) is 21.3 Å². The topological polar surface area (TPSA) is 66.0 Å². The van der Waals surface area contributed by atoms with Gasteiger partial charge in [0.05, 0.1) is 27.4 Å². The van der Waals surface area contributed by atoms with E-state index in [1.165, 1.54) is 21.3 Å². The number of methoxy groups -OCH3 is 3. The molecule has 2 aromatic carbocycles. The predicted octanol–water partition coefficient (Wildman–Crippen LogP) is 4.05. The first-order chi connectivity index (χ1) is 13.3. The Labute approximate surface area is 165 Å². The number of nitrogens with one attached hydrogen (secondary N) is 1. The normalized spacial score (nSPS) is 17.1. The maximum atomic E-state index is 13.0. The van der Waals surface area contributed by atoms with Gasteiger partial charge < -0.3 is 24.3 Å². The molecule has 1 aliphatic rings. The third-order valence-electron chi connectivity index (χ3n) is 4.86. The van der Waals surface area contributed by atoms with Crippen molar-refractivity contribution in [1.82, 2.24) is 5.32 Å². The molecule has 0 saturated carbocycles. The fourth-order valence-electron chi connectivity index (χ4n) is 3.54. The minimum Gasteiger partial charge on any atom is -0.493 e. The Kier molecular flexibility index (Phi) is 5.40. The molecule has 28 heavy (non-hydrogen) atoms. The smallest absolute Gasteiger partial charge is 0.252 e. The number of hydrogen-bond acceptors (Lipinski definition) is 5. The van der Waals surface area contributed by atoms with E-state index in [4.69, 9.17) is 18.9 Å². The molecule has 3 rings (SSSR count). The summed E-state index contributed by atoms with van der Waals surface area (Å²) in [4.78, 5) is 13.0. The van der Waals surface area contributed by atoms with Crippen LogP contribution in [0.2, 0.25) is 0 Å². The summed E-state index contributed by atoms with van der Waals surface area (Å²) in [5, 5.41) is 3.14. The zero-order valence-electron chi connectivity index (χ0n) is 17.2. The molecular formula is C22H27NO5. The van der Waals surface area contributed by atoms with Crippen molar-refractivity contribution < 1.29 is 23.7 Å². The summed E-state index contributed by atoms with van der Waals surface area (Å²) in [5.74, 6) is 1.93. The van der Waals surface area contributed by atoms with Gasteiger partial charge in [-0.15, -0.1) is 0 Å². The van der Waals surface area contributed by atoms with Gasteiger partial charge in [-0.1, -0.05) is 12.1 Å². The first-order valence-corrected chi connectivity index (χ1v) is 9.18. The lowest BCUT2D eigenvalue weighted by Gasteiger charge is -2.38. The van der Waals surface area contributed by atoms with Crippen LogP contribution in [0.15, 0.2) is 30.3 Å². The molecule has 6 heteroatoms. The van der Waals surface area contributed by atoms with Crippen molar-refractivity contribution in [2.24, 2.45) is 0 Å². The second-order valence-electron chi connectivity index (χ2n) is 7.55. The van der Waals surface area contributed by atoms with Gasteiger partial charge in [0, 0.05) is 17.5 Å². The zero-order chi connectivity index (χ0) is 20.5. The van der Waals surface area contributed by atoms with Crippen LogP contribution in [0.3, 0.4) is 0 Å². The number of carbonyl (C=O) groups is 1. The van der Waals surface area contributed by atoms with Crippen LogP contribution in [0.5, 0.6) is 23.0 Å². The molecule has 0 aromatic heterocycles. The zero-order valence-corrected chi connectivity index (χ0v) is 17.2. The van der Waals surface area contributed by atoms with Gasteiger partial charge in [-0.25, -0.2) is 0 Å². The molecule has 1 aliphatic heterocycles. The number of benzene rings is 2. The number of amides is 1. The Bertz CT molecular complexity index is 865. The predicted molar refractivity (Wildman–Crippen MR) is 107 cm³/mol. The molecule has 0 radical (unpaired) electrons. The molecular weight excluding hydrogens is 358 g/mol. The van der Waals surface area contributed by atoms with Crippen LogP contribution >= 0.6 is 0 Å². The summed E-state index contributed by atoms with van der Waals surface area (Å²) in [6.07, 6.45) is 0.666. The Hall–Kier alpha value is -2.89. The van der Waals surface area contributed by atoms with E-state index in [0.717, 1.165) is 16.9 Å². The molecule has 1 N–H and O–H groups in total. The lowest BCUT2D eigenvalue weighted by molar-refractivity contribution is 0.0619. The van der Waals surface area contributed by atoms with Crippen LogP contribution in [-0.4, -0.2) is 32.8 Å². The van der Waals surface area contributed by atoms with Crippen molar-refractivity contribution in [3.63, 3.8) is 0 Å². The molecule has 1 amide bonds. The van der Waals surface area contributed by atoms with Gasteiger partial charge in [0.15, 0.2) is 11.5 Å². The third kappa shape index (κ3) is 3.86. The molecule has 2 aromatic rings. The van der Waals surface area contributed by atoms with Crippen LogP contribution in [0.4, 0.5) is 0 Å². The average Bonchev–Trinajstić information content (AvgIpc) is 2.65. The van der Waals surface area contributed by atoms with Crippen molar-refractivity contribution >= 4 is 5.91 Å².